The molecule has 6 nitrogen and oxygen atoms in total. The Balaban J connectivity index is 1.79. The van der Waals surface area contributed by atoms with Crippen LogP contribution in [0.1, 0.15) is 15.9 Å². The first kappa shape index (κ1) is 16.7. The number of ketones is 1. The molecule has 0 saturated heterocycles. The minimum Gasteiger partial charge on any atom is -0.293 e. The quantitative estimate of drug-likeness (QED) is 0.781. The molecule has 8 heteroatoms. The van der Waals surface area contributed by atoms with Gasteiger partial charge in [0.05, 0.1) is 21.4 Å². The van der Waals surface area contributed by atoms with Crippen LogP contribution in [0, 0.1) is 0 Å². The van der Waals surface area contributed by atoms with E-state index in [1.165, 1.54) is 23.4 Å². The van der Waals surface area contributed by atoms with Crippen LogP contribution < -0.4 is 11.2 Å². The largest absolute Gasteiger partial charge is 0.332 e. The van der Waals surface area contributed by atoms with Crippen LogP contribution in [0.4, 0.5) is 5.82 Å². The fourth-order valence-electron chi connectivity index (χ4n) is 2.51. The second-order valence-corrected chi connectivity index (χ2v) is 6.84. The second kappa shape index (κ2) is 6.41. The van der Waals surface area contributed by atoms with Crippen molar-refractivity contribution in [3.8, 4) is 0 Å². The highest BCUT2D eigenvalue weighted by Gasteiger charge is 2.24. The van der Waals surface area contributed by atoms with E-state index in [2.05, 4.69) is 4.99 Å². The van der Waals surface area contributed by atoms with Gasteiger partial charge in [0.15, 0.2) is 5.78 Å². The van der Waals surface area contributed by atoms with Crippen molar-refractivity contribution in [2.24, 2.45) is 19.1 Å². The molecule has 0 saturated carbocycles. The van der Waals surface area contributed by atoms with Gasteiger partial charge >= 0.3 is 5.69 Å². The zero-order chi connectivity index (χ0) is 17.4. The SMILES string of the molecule is Cn1c2c(c(=O)n(C)c1=O)CC(SCC(=O)c1ccccc1Cl)=N2. The molecule has 0 fully saturated rings. The van der Waals surface area contributed by atoms with Gasteiger partial charge in [-0.3, -0.25) is 18.7 Å². The zero-order valence-corrected chi connectivity index (χ0v) is 14.6. The average molecular weight is 364 g/mol. The number of nitrogens with zero attached hydrogens (tertiary/aromatic N) is 3. The van der Waals surface area contributed by atoms with Gasteiger partial charge in [0.1, 0.15) is 5.82 Å². The van der Waals surface area contributed by atoms with Crippen LogP contribution in [0.2, 0.25) is 5.02 Å². The van der Waals surface area contributed by atoms with E-state index in [1.807, 2.05) is 0 Å². The normalized spacial score (nSPS) is 12.9. The molecule has 0 spiro atoms. The summed E-state index contributed by atoms with van der Waals surface area (Å²) in [5.41, 5.74) is 0.184. The summed E-state index contributed by atoms with van der Waals surface area (Å²) in [6.07, 6.45) is 0.330. The maximum atomic E-state index is 12.3. The van der Waals surface area contributed by atoms with E-state index in [0.717, 1.165) is 4.57 Å². The molecule has 0 radical (unpaired) electrons. The molecule has 3 rings (SSSR count). The van der Waals surface area contributed by atoms with E-state index in [9.17, 15) is 14.4 Å². The lowest BCUT2D eigenvalue weighted by atomic mass is 10.1. The van der Waals surface area contributed by atoms with Gasteiger partial charge in [-0.2, -0.15) is 0 Å². The zero-order valence-electron chi connectivity index (χ0n) is 13.1. The van der Waals surface area contributed by atoms with Crippen molar-refractivity contribution in [2.75, 3.05) is 5.75 Å². The summed E-state index contributed by atoms with van der Waals surface area (Å²) < 4.78 is 2.41. The number of fused-ring (bicyclic) bond motifs is 1. The van der Waals surface area contributed by atoms with E-state index in [4.69, 9.17) is 11.6 Å². The molecule has 1 aliphatic heterocycles. The number of thioether (sulfide) groups is 1. The lowest BCUT2D eigenvalue weighted by Gasteiger charge is -2.05. The number of rotatable bonds is 3. The lowest BCUT2D eigenvalue weighted by molar-refractivity contribution is 0.102. The fraction of sp³-hybridized carbons (Fsp3) is 0.250. The standard InChI is InChI=1S/C16H14ClN3O3S/c1-19-14-10(15(22)20(2)16(19)23)7-13(18-14)24-8-12(21)9-5-3-4-6-11(9)17/h3-6H,7-8H2,1-2H3. The van der Waals surface area contributed by atoms with Gasteiger partial charge in [0, 0.05) is 26.1 Å². The van der Waals surface area contributed by atoms with Gasteiger partial charge in [-0.25, -0.2) is 9.79 Å². The lowest BCUT2D eigenvalue weighted by Crippen LogP contribution is -2.38. The summed E-state index contributed by atoms with van der Waals surface area (Å²) in [6.45, 7) is 0. The Kier molecular flexibility index (Phi) is 4.47. The first-order valence-corrected chi connectivity index (χ1v) is 8.53. The summed E-state index contributed by atoms with van der Waals surface area (Å²) in [5.74, 6) is 0.437. The predicted molar refractivity (Wildman–Crippen MR) is 96.0 cm³/mol. The molecule has 1 aliphatic rings. The maximum absolute atomic E-state index is 12.3. The van der Waals surface area contributed by atoms with Crippen molar-refractivity contribution >= 4 is 40.0 Å². The Morgan fingerprint density at radius 2 is 1.96 bits per heavy atom. The highest BCUT2D eigenvalue weighted by molar-refractivity contribution is 8.14. The number of aromatic nitrogens is 2. The Morgan fingerprint density at radius 3 is 2.67 bits per heavy atom. The highest BCUT2D eigenvalue weighted by Crippen LogP contribution is 2.27. The molecule has 0 aliphatic carbocycles. The molecular formula is C16H14ClN3O3S. The first-order valence-electron chi connectivity index (χ1n) is 7.17. The molecule has 0 bridgehead atoms. The Morgan fingerprint density at radius 1 is 1.25 bits per heavy atom. The third-order valence-electron chi connectivity index (χ3n) is 3.83. The summed E-state index contributed by atoms with van der Waals surface area (Å²) in [7, 11) is 3.02. The molecule has 0 unspecified atom stereocenters. The molecule has 1 aromatic carbocycles. The van der Waals surface area contributed by atoms with Gasteiger partial charge in [0.2, 0.25) is 0 Å². The number of Topliss-reactive ketones (excluding diaryl/α,β-unsaturated/α-hetero) is 1. The molecule has 2 aromatic rings. The molecule has 0 amide bonds. The number of hydrogen-bond acceptors (Lipinski definition) is 5. The highest BCUT2D eigenvalue weighted by atomic mass is 35.5. The minimum absolute atomic E-state index is 0.106. The van der Waals surface area contributed by atoms with E-state index in [1.54, 1.807) is 31.3 Å². The molecule has 1 aromatic heterocycles. The van der Waals surface area contributed by atoms with Gasteiger partial charge in [-0.05, 0) is 12.1 Å². The predicted octanol–water partition coefficient (Wildman–Crippen LogP) is 1.94. The van der Waals surface area contributed by atoms with Crippen LogP contribution >= 0.6 is 23.4 Å². The Hall–Kier alpha value is -2.12. The van der Waals surface area contributed by atoms with Crippen molar-refractivity contribution in [3.63, 3.8) is 0 Å². The molecule has 0 atom stereocenters. The summed E-state index contributed by atoms with van der Waals surface area (Å²) in [5, 5.41) is 1.06. The number of hydrogen-bond donors (Lipinski definition) is 0. The number of benzene rings is 1. The van der Waals surface area contributed by atoms with Crippen LogP contribution in [-0.2, 0) is 20.5 Å². The van der Waals surface area contributed by atoms with Crippen LogP contribution in [-0.4, -0.2) is 25.7 Å². The third kappa shape index (κ3) is 2.85. The monoisotopic (exact) mass is 363 g/mol. The topological polar surface area (TPSA) is 73.4 Å². The molecule has 24 heavy (non-hydrogen) atoms. The fourth-order valence-corrected chi connectivity index (χ4v) is 3.60. The van der Waals surface area contributed by atoms with Gasteiger partial charge in [0.25, 0.3) is 5.56 Å². The Bertz CT molecular complexity index is 991. The van der Waals surface area contributed by atoms with Gasteiger partial charge in [-0.1, -0.05) is 23.7 Å². The molecule has 0 N–H and O–H groups in total. The Labute approximate surface area is 146 Å². The van der Waals surface area contributed by atoms with Crippen LogP contribution in [0.15, 0.2) is 38.8 Å². The van der Waals surface area contributed by atoms with E-state index < -0.39 is 5.69 Å². The van der Waals surface area contributed by atoms with E-state index in [0.29, 0.717) is 33.4 Å². The summed E-state index contributed by atoms with van der Waals surface area (Å²) in [6, 6.07) is 6.87. The smallest absolute Gasteiger partial charge is 0.293 e. The summed E-state index contributed by atoms with van der Waals surface area (Å²) in [4.78, 5) is 40.7. The number of aliphatic imine (C=N–C) groups is 1. The summed E-state index contributed by atoms with van der Waals surface area (Å²) >= 11 is 7.28. The second-order valence-electron chi connectivity index (χ2n) is 5.38. The minimum atomic E-state index is -0.416. The molecule has 2 heterocycles. The first-order chi connectivity index (χ1) is 11.4. The average Bonchev–Trinajstić information content (AvgIpc) is 3.01. The van der Waals surface area contributed by atoms with Crippen molar-refractivity contribution in [1.29, 1.82) is 0 Å². The number of carbonyl (C=O) groups excluding carboxylic acids is 1. The number of halogens is 1. The van der Waals surface area contributed by atoms with Gasteiger partial charge < -0.3 is 0 Å². The van der Waals surface area contributed by atoms with Crippen molar-refractivity contribution in [2.45, 2.75) is 6.42 Å². The van der Waals surface area contributed by atoms with E-state index >= 15 is 0 Å². The van der Waals surface area contributed by atoms with E-state index in [-0.39, 0.29) is 17.1 Å². The van der Waals surface area contributed by atoms with Crippen molar-refractivity contribution in [1.82, 2.24) is 9.13 Å². The molecular weight excluding hydrogens is 350 g/mol. The van der Waals surface area contributed by atoms with Crippen LogP contribution in [0.25, 0.3) is 0 Å². The third-order valence-corrected chi connectivity index (χ3v) is 5.13. The van der Waals surface area contributed by atoms with Crippen LogP contribution in [0.3, 0.4) is 0 Å². The number of carbonyl (C=O) groups is 1. The van der Waals surface area contributed by atoms with Crippen LogP contribution in [0.5, 0.6) is 0 Å². The van der Waals surface area contributed by atoms with Crippen molar-refractivity contribution in [3.05, 3.63) is 61.3 Å². The van der Waals surface area contributed by atoms with Crippen molar-refractivity contribution < 1.29 is 4.79 Å². The maximum Gasteiger partial charge on any atom is 0.332 e. The molecule has 124 valence electrons. The van der Waals surface area contributed by atoms with Gasteiger partial charge in [-0.15, -0.1) is 11.8 Å².